The van der Waals surface area contributed by atoms with Gasteiger partial charge in [-0.2, -0.15) is 0 Å². The predicted molar refractivity (Wildman–Crippen MR) is 94.6 cm³/mol. The van der Waals surface area contributed by atoms with Crippen molar-refractivity contribution in [2.45, 2.75) is 6.42 Å². The largest absolute Gasteiger partial charge is 0.379 e. The van der Waals surface area contributed by atoms with E-state index in [1.807, 2.05) is 0 Å². The lowest BCUT2D eigenvalue weighted by molar-refractivity contribution is 0.0385. The van der Waals surface area contributed by atoms with Crippen molar-refractivity contribution in [1.29, 1.82) is 0 Å². The van der Waals surface area contributed by atoms with Gasteiger partial charge in [0, 0.05) is 36.2 Å². The van der Waals surface area contributed by atoms with Gasteiger partial charge < -0.3 is 9.72 Å². The second-order valence-corrected chi connectivity index (χ2v) is 6.38. The fourth-order valence-corrected chi connectivity index (χ4v) is 3.44. The molecule has 1 aliphatic heterocycles. The predicted octanol–water partition coefficient (Wildman–Crippen LogP) is 3.99. The Bertz CT molecular complexity index is 867. The van der Waals surface area contributed by atoms with Crippen LogP contribution in [-0.4, -0.2) is 42.7 Å². The van der Waals surface area contributed by atoms with Gasteiger partial charge in [0.25, 0.3) is 0 Å². The van der Waals surface area contributed by atoms with Crippen LogP contribution in [0.3, 0.4) is 0 Å². The van der Waals surface area contributed by atoms with Gasteiger partial charge in [0.15, 0.2) is 0 Å². The molecular formula is C20H20F2N2O. The molecule has 1 fully saturated rings. The molecule has 3 aromatic rings. The van der Waals surface area contributed by atoms with Gasteiger partial charge in [0.1, 0.15) is 11.6 Å². The monoisotopic (exact) mass is 342 g/mol. The molecule has 1 aliphatic rings. The van der Waals surface area contributed by atoms with Crippen molar-refractivity contribution in [3.63, 3.8) is 0 Å². The van der Waals surface area contributed by atoms with Gasteiger partial charge in [0.05, 0.1) is 13.2 Å². The summed E-state index contributed by atoms with van der Waals surface area (Å²) in [5.41, 5.74) is 3.83. The molecule has 0 amide bonds. The molecular weight excluding hydrogens is 322 g/mol. The van der Waals surface area contributed by atoms with Crippen LogP contribution < -0.4 is 0 Å². The smallest absolute Gasteiger partial charge is 0.123 e. The Morgan fingerprint density at radius 2 is 1.68 bits per heavy atom. The van der Waals surface area contributed by atoms with Crippen molar-refractivity contribution >= 4 is 10.9 Å². The maximum Gasteiger partial charge on any atom is 0.123 e. The lowest BCUT2D eigenvalue weighted by Crippen LogP contribution is -2.37. The van der Waals surface area contributed by atoms with Crippen molar-refractivity contribution in [2.24, 2.45) is 0 Å². The first-order valence-electron chi connectivity index (χ1n) is 8.57. The Kier molecular flexibility index (Phi) is 4.51. The summed E-state index contributed by atoms with van der Waals surface area (Å²) in [6.07, 6.45) is 0.802. The van der Waals surface area contributed by atoms with Gasteiger partial charge in [0.2, 0.25) is 0 Å². The molecule has 3 nitrogen and oxygen atoms in total. The maximum atomic E-state index is 13.8. The number of benzene rings is 2. The number of fused-ring (bicyclic) bond motifs is 1. The summed E-state index contributed by atoms with van der Waals surface area (Å²) >= 11 is 0. The summed E-state index contributed by atoms with van der Waals surface area (Å²) in [6.45, 7) is 4.24. The van der Waals surface area contributed by atoms with Gasteiger partial charge in [-0.1, -0.05) is 0 Å². The van der Waals surface area contributed by atoms with E-state index in [-0.39, 0.29) is 11.6 Å². The standard InChI is InChI=1S/C20H20F2N2O/c21-15-3-1-14(2-4-15)20-17(7-8-24-9-11-25-12-10-24)18-13-16(22)5-6-19(18)23-20/h1-6,13,23H,7-12H2. The Balaban J connectivity index is 1.71. The Morgan fingerprint density at radius 3 is 2.44 bits per heavy atom. The van der Waals surface area contributed by atoms with E-state index < -0.39 is 0 Å². The van der Waals surface area contributed by atoms with E-state index in [9.17, 15) is 8.78 Å². The van der Waals surface area contributed by atoms with E-state index in [0.717, 1.165) is 67.0 Å². The number of rotatable bonds is 4. The molecule has 130 valence electrons. The minimum atomic E-state index is -0.263. The van der Waals surface area contributed by atoms with Crippen molar-refractivity contribution < 1.29 is 13.5 Å². The van der Waals surface area contributed by atoms with Crippen LogP contribution in [0.1, 0.15) is 5.56 Å². The molecule has 0 atom stereocenters. The normalized spacial score (nSPS) is 15.8. The van der Waals surface area contributed by atoms with E-state index >= 15 is 0 Å². The van der Waals surface area contributed by atoms with Crippen LogP contribution >= 0.6 is 0 Å². The summed E-state index contributed by atoms with van der Waals surface area (Å²) in [7, 11) is 0. The Hall–Kier alpha value is -2.24. The number of nitrogens with one attached hydrogen (secondary N) is 1. The van der Waals surface area contributed by atoms with Gasteiger partial charge in [-0.3, -0.25) is 4.90 Å². The number of morpholine rings is 1. The van der Waals surface area contributed by atoms with Crippen LogP contribution in [0.15, 0.2) is 42.5 Å². The topological polar surface area (TPSA) is 28.3 Å². The van der Waals surface area contributed by atoms with Gasteiger partial charge >= 0.3 is 0 Å². The Morgan fingerprint density at radius 1 is 0.960 bits per heavy atom. The first-order chi connectivity index (χ1) is 12.2. The number of hydrogen-bond acceptors (Lipinski definition) is 2. The first kappa shape index (κ1) is 16.2. The third-order valence-corrected chi connectivity index (χ3v) is 4.78. The first-order valence-corrected chi connectivity index (χ1v) is 8.57. The fraction of sp³-hybridized carbons (Fsp3) is 0.300. The second-order valence-electron chi connectivity index (χ2n) is 6.38. The molecule has 0 unspecified atom stereocenters. The average molecular weight is 342 g/mol. The minimum Gasteiger partial charge on any atom is -0.379 e. The number of hydrogen-bond donors (Lipinski definition) is 1. The zero-order chi connectivity index (χ0) is 17.2. The lowest BCUT2D eigenvalue weighted by atomic mass is 10.0. The number of halogens is 2. The molecule has 1 saturated heterocycles. The highest BCUT2D eigenvalue weighted by molar-refractivity contribution is 5.90. The molecule has 25 heavy (non-hydrogen) atoms. The lowest BCUT2D eigenvalue weighted by Gasteiger charge is -2.26. The summed E-state index contributed by atoms with van der Waals surface area (Å²) < 4.78 is 32.5. The molecule has 1 aromatic heterocycles. The van der Waals surface area contributed by atoms with E-state index in [1.54, 1.807) is 24.3 Å². The summed E-state index contributed by atoms with van der Waals surface area (Å²) in [5, 5.41) is 0.896. The van der Waals surface area contributed by atoms with Crippen LogP contribution in [0.5, 0.6) is 0 Å². The number of ether oxygens (including phenoxy) is 1. The molecule has 4 rings (SSSR count). The van der Waals surface area contributed by atoms with Crippen LogP contribution in [0.2, 0.25) is 0 Å². The van der Waals surface area contributed by atoms with E-state index in [4.69, 9.17) is 4.74 Å². The number of aromatic amines is 1. The number of H-pyrrole nitrogens is 1. The molecule has 1 N–H and O–H groups in total. The van der Waals surface area contributed by atoms with Gasteiger partial charge in [-0.15, -0.1) is 0 Å². The molecule has 0 bridgehead atoms. The Labute approximate surface area is 145 Å². The summed E-state index contributed by atoms with van der Waals surface area (Å²) in [5.74, 6) is -0.509. The van der Waals surface area contributed by atoms with Gasteiger partial charge in [-0.25, -0.2) is 8.78 Å². The fourth-order valence-electron chi connectivity index (χ4n) is 3.44. The molecule has 5 heteroatoms. The number of nitrogens with zero attached hydrogens (tertiary/aromatic N) is 1. The van der Waals surface area contributed by atoms with Gasteiger partial charge in [-0.05, 0) is 60.0 Å². The zero-order valence-electron chi connectivity index (χ0n) is 13.9. The molecule has 0 aliphatic carbocycles. The summed E-state index contributed by atoms with van der Waals surface area (Å²) in [6, 6.07) is 11.2. The van der Waals surface area contributed by atoms with Crippen LogP contribution in [0, 0.1) is 11.6 Å². The maximum absolute atomic E-state index is 13.8. The third kappa shape index (κ3) is 3.43. The quantitative estimate of drug-likeness (QED) is 0.777. The zero-order valence-corrected chi connectivity index (χ0v) is 13.9. The van der Waals surface area contributed by atoms with Crippen molar-refractivity contribution in [2.75, 3.05) is 32.8 Å². The minimum absolute atomic E-state index is 0.246. The highest BCUT2D eigenvalue weighted by Crippen LogP contribution is 2.31. The highest BCUT2D eigenvalue weighted by Gasteiger charge is 2.16. The molecule has 0 saturated carbocycles. The van der Waals surface area contributed by atoms with Crippen molar-refractivity contribution in [3.8, 4) is 11.3 Å². The van der Waals surface area contributed by atoms with E-state index in [0.29, 0.717) is 0 Å². The van der Waals surface area contributed by atoms with Crippen LogP contribution in [0.4, 0.5) is 8.78 Å². The molecule has 0 radical (unpaired) electrons. The second kappa shape index (κ2) is 6.94. The van der Waals surface area contributed by atoms with Crippen molar-refractivity contribution in [3.05, 3.63) is 59.7 Å². The molecule has 2 heterocycles. The van der Waals surface area contributed by atoms with Crippen LogP contribution in [0.25, 0.3) is 22.2 Å². The average Bonchev–Trinajstić information content (AvgIpc) is 2.99. The van der Waals surface area contributed by atoms with E-state index in [1.165, 1.54) is 18.2 Å². The molecule has 0 spiro atoms. The highest BCUT2D eigenvalue weighted by atomic mass is 19.1. The van der Waals surface area contributed by atoms with Crippen molar-refractivity contribution in [1.82, 2.24) is 9.88 Å². The summed E-state index contributed by atoms with van der Waals surface area (Å²) in [4.78, 5) is 5.74. The third-order valence-electron chi connectivity index (χ3n) is 4.78. The van der Waals surface area contributed by atoms with Crippen LogP contribution in [-0.2, 0) is 11.2 Å². The van der Waals surface area contributed by atoms with E-state index in [2.05, 4.69) is 9.88 Å². The SMILES string of the molecule is Fc1ccc(-c2[nH]c3ccc(F)cc3c2CCN2CCOCC2)cc1. The number of aromatic nitrogens is 1. The molecule has 2 aromatic carbocycles.